The van der Waals surface area contributed by atoms with Crippen molar-refractivity contribution in [3.63, 3.8) is 0 Å². The van der Waals surface area contributed by atoms with Gasteiger partial charge in [0.05, 0.1) is 34.4 Å². The van der Waals surface area contributed by atoms with Crippen molar-refractivity contribution in [2.45, 2.75) is 206 Å². The van der Waals surface area contributed by atoms with Crippen LogP contribution < -0.4 is 0 Å². The Hall–Kier alpha value is -5.87. The summed E-state index contributed by atoms with van der Waals surface area (Å²) < 4.78 is 22.8. The van der Waals surface area contributed by atoms with E-state index in [0.717, 1.165) is 154 Å². The van der Waals surface area contributed by atoms with E-state index in [2.05, 4.69) is 208 Å². The number of ether oxygens (including phenoxy) is 4. The minimum Gasteiger partial charge on any atom is -0.477 e. The van der Waals surface area contributed by atoms with Crippen LogP contribution in [0.4, 0.5) is 0 Å². The second kappa shape index (κ2) is 62.2. The number of carbonyl (C=O) groups is 3. The summed E-state index contributed by atoms with van der Waals surface area (Å²) in [6.07, 6.45) is 93.7. The lowest BCUT2D eigenvalue weighted by atomic mass is 10.1. The summed E-state index contributed by atoms with van der Waals surface area (Å²) in [7, 11) is 5.93. The maximum atomic E-state index is 12.9. The molecule has 0 rings (SSSR count). The fourth-order valence-corrected chi connectivity index (χ4v) is 7.57. The van der Waals surface area contributed by atoms with E-state index in [1.54, 1.807) is 0 Å². The lowest BCUT2D eigenvalue weighted by molar-refractivity contribution is -0.870. The van der Waals surface area contributed by atoms with E-state index in [1.807, 2.05) is 21.1 Å². The van der Waals surface area contributed by atoms with Gasteiger partial charge in [-0.15, -0.1) is 0 Å². The first-order valence-electron chi connectivity index (χ1n) is 31.6. The van der Waals surface area contributed by atoms with E-state index >= 15 is 0 Å². The standard InChI is InChI=1S/C74H113NO8/c1-6-8-10-12-14-16-18-20-22-24-26-28-30-32-34-35-36-37-39-41-43-45-47-49-51-53-55-57-59-61-63-65-72(77)83-70(69-82-74(73(78)79)80-67-66-75(3,4)5)68-81-71(76)64-62-60-58-56-54-52-50-48-46-44-42-40-38-33-31-29-27-25-23-21-19-17-15-13-11-9-7-2/h8-11,14-17,20-23,26-29,32-34,36-38,41-44,47-50,54,56,70,74H,6-7,12-13,18-19,24-25,30-31,35,39-40,45-46,51-53,55,57-69H2,1-5H3/p+1/b10-8-,11-9-,16-14-,17-15-,22-20-,23-21-,28-26-,29-27-,34-32-,37-36-,38-33-,43-41-,44-42-,49-47-,50-48-,56-54-. The molecule has 0 aromatic carbocycles. The van der Waals surface area contributed by atoms with Crippen LogP contribution in [0.5, 0.6) is 0 Å². The van der Waals surface area contributed by atoms with Gasteiger partial charge in [0.1, 0.15) is 13.2 Å². The first-order valence-corrected chi connectivity index (χ1v) is 31.6. The molecule has 1 N–H and O–H groups in total. The van der Waals surface area contributed by atoms with E-state index in [4.69, 9.17) is 18.9 Å². The highest BCUT2D eigenvalue weighted by atomic mass is 16.7. The van der Waals surface area contributed by atoms with Gasteiger partial charge in [-0.25, -0.2) is 4.79 Å². The quantitative estimate of drug-likeness (QED) is 0.0211. The molecule has 0 heterocycles. The second-order valence-electron chi connectivity index (χ2n) is 21.2. The van der Waals surface area contributed by atoms with Crippen LogP contribution in [-0.4, -0.2) is 87.4 Å². The highest BCUT2D eigenvalue weighted by Gasteiger charge is 2.25. The van der Waals surface area contributed by atoms with Crippen molar-refractivity contribution < 1.29 is 42.9 Å². The topological polar surface area (TPSA) is 108 Å². The molecular formula is C74H114NO8+. The molecule has 0 amide bonds. The molecule has 9 nitrogen and oxygen atoms in total. The third-order valence-corrected chi connectivity index (χ3v) is 12.3. The zero-order valence-corrected chi connectivity index (χ0v) is 52.5. The normalized spacial score (nSPS) is 14.1. The smallest absolute Gasteiger partial charge is 0.361 e. The van der Waals surface area contributed by atoms with Crippen LogP contribution in [0.1, 0.15) is 194 Å². The van der Waals surface area contributed by atoms with Crippen LogP contribution in [0.2, 0.25) is 0 Å². The molecule has 0 aliphatic carbocycles. The molecule has 2 unspecified atom stereocenters. The van der Waals surface area contributed by atoms with Crippen molar-refractivity contribution in [1.82, 2.24) is 0 Å². The monoisotopic (exact) mass is 1140 g/mol. The predicted molar refractivity (Wildman–Crippen MR) is 354 cm³/mol. The maximum absolute atomic E-state index is 12.9. The van der Waals surface area contributed by atoms with Gasteiger partial charge in [-0.05, 0) is 141 Å². The van der Waals surface area contributed by atoms with Crippen molar-refractivity contribution in [3.8, 4) is 0 Å². The lowest BCUT2D eigenvalue weighted by Gasteiger charge is -2.25. The number of carboxylic acid groups (broad SMARTS) is 1. The minimum absolute atomic E-state index is 0.165. The molecule has 462 valence electrons. The van der Waals surface area contributed by atoms with Gasteiger partial charge in [-0.1, -0.05) is 234 Å². The second-order valence-corrected chi connectivity index (χ2v) is 21.2. The molecule has 83 heavy (non-hydrogen) atoms. The molecular weight excluding hydrogens is 1030 g/mol. The van der Waals surface area contributed by atoms with Crippen molar-refractivity contribution in [2.24, 2.45) is 0 Å². The van der Waals surface area contributed by atoms with Gasteiger partial charge in [0.15, 0.2) is 6.10 Å². The number of rotatable bonds is 55. The Kier molecular flexibility index (Phi) is 57.8. The number of carbonyl (C=O) groups excluding carboxylic acids is 2. The molecule has 0 aliphatic heterocycles. The van der Waals surface area contributed by atoms with Gasteiger partial charge in [0, 0.05) is 12.8 Å². The van der Waals surface area contributed by atoms with E-state index in [9.17, 15) is 19.5 Å². The van der Waals surface area contributed by atoms with Gasteiger partial charge in [-0.2, -0.15) is 0 Å². The highest BCUT2D eigenvalue weighted by molar-refractivity contribution is 5.71. The number of aliphatic carboxylic acids is 1. The zero-order chi connectivity index (χ0) is 60.5. The van der Waals surface area contributed by atoms with E-state index in [0.29, 0.717) is 23.9 Å². The number of nitrogens with zero attached hydrogens (tertiary/aromatic N) is 1. The Bertz CT molecular complexity index is 2060. The average molecular weight is 1150 g/mol. The molecule has 0 aromatic heterocycles. The average Bonchev–Trinajstić information content (AvgIpc) is 3.46. The Morgan fingerprint density at radius 3 is 0.988 bits per heavy atom. The SMILES string of the molecule is CC/C=C\C/C=C\C/C=C\C/C=C\C/C=C\C/C=C\C/C=C\C/C=C\CCCCCCCCC(=O)OC(COC(=O)CCCC/C=C\C/C=C\C/C=C\C/C=C\C/C=C\C/C=C\C/C=C\C/C=C\CC)COC(OCC[N+](C)(C)C)C(=O)O. The molecule has 0 spiro atoms. The molecule has 2 atom stereocenters. The summed E-state index contributed by atoms with van der Waals surface area (Å²) in [5.74, 6) is -2.11. The fraction of sp³-hybridized carbons (Fsp3) is 0.527. The van der Waals surface area contributed by atoms with Gasteiger partial charge >= 0.3 is 17.9 Å². The molecule has 0 fully saturated rings. The van der Waals surface area contributed by atoms with Crippen LogP contribution in [-0.2, 0) is 33.3 Å². The summed E-state index contributed by atoms with van der Waals surface area (Å²) in [6.45, 7) is 4.54. The van der Waals surface area contributed by atoms with Crippen LogP contribution >= 0.6 is 0 Å². The third-order valence-electron chi connectivity index (χ3n) is 12.3. The Balaban J connectivity index is 4.39. The van der Waals surface area contributed by atoms with Gasteiger partial charge in [0.2, 0.25) is 0 Å². The molecule has 0 bridgehead atoms. The lowest BCUT2D eigenvalue weighted by Crippen LogP contribution is -2.40. The summed E-state index contributed by atoms with van der Waals surface area (Å²) in [5, 5.41) is 9.73. The van der Waals surface area contributed by atoms with Gasteiger partial charge in [-0.3, -0.25) is 9.59 Å². The first-order chi connectivity index (χ1) is 40.6. The molecule has 0 aromatic rings. The number of hydrogen-bond acceptors (Lipinski definition) is 7. The predicted octanol–water partition coefficient (Wildman–Crippen LogP) is 19.5. The van der Waals surface area contributed by atoms with Crippen molar-refractivity contribution in [1.29, 1.82) is 0 Å². The summed E-state index contributed by atoms with van der Waals surface area (Å²) >= 11 is 0. The summed E-state index contributed by atoms with van der Waals surface area (Å²) in [6, 6.07) is 0. The number of quaternary nitrogens is 1. The largest absolute Gasteiger partial charge is 0.477 e. The minimum atomic E-state index is -1.54. The Morgan fingerprint density at radius 2 is 0.651 bits per heavy atom. The first kappa shape index (κ1) is 77.1. The van der Waals surface area contributed by atoms with Crippen molar-refractivity contribution in [2.75, 3.05) is 47.5 Å². The van der Waals surface area contributed by atoms with Crippen LogP contribution in [0.25, 0.3) is 0 Å². The number of unbranched alkanes of at least 4 members (excludes halogenated alkanes) is 8. The van der Waals surface area contributed by atoms with Crippen molar-refractivity contribution >= 4 is 17.9 Å². The van der Waals surface area contributed by atoms with Gasteiger partial charge < -0.3 is 28.5 Å². The van der Waals surface area contributed by atoms with Crippen LogP contribution in [0.3, 0.4) is 0 Å². The summed E-state index contributed by atoms with van der Waals surface area (Å²) in [5.41, 5.74) is 0. The number of carboxylic acids is 1. The molecule has 9 heteroatoms. The molecule has 0 aliphatic rings. The Morgan fingerprint density at radius 1 is 0.361 bits per heavy atom. The van der Waals surface area contributed by atoms with E-state index in [1.165, 1.54) is 0 Å². The van der Waals surface area contributed by atoms with Crippen molar-refractivity contribution in [3.05, 3.63) is 194 Å². The highest BCUT2D eigenvalue weighted by Crippen LogP contribution is 2.12. The van der Waals surface area contributed by atoms with Gasteiger partial charge in [0.25, 0.3) is 6.29 Å². The van der Waals surface area contributed by atoms with Crippen LogP contribution in [0, 0.1) is 0 Å². The molecule has 0 saturated carbocycles. The Labute approximate surface area is 506 Å². The molecule has 0 radical (unpaired) electrons. The maximum Gasteiger partial charge on any atom is 0.361 e. The van der Waals surface area contributed by atoms with E-state index in [-0.39, 0.29) is 32.7 Å². The number of likely N-dealkylation sites (N-methyl/N-ethyl adjacent to an activating group) is 1. The van der Waals surface area contributed by atoms with Crippen LogP contribution in [0.15, 0.2) is 194 Å². The molecule has 0 saturated heterocycles. The van der Waals surface area contributed by atoms with E-state index < -0.39 is 30.3 Å². The number of hydrogen-bond donors (Lipinski definition) is 1. The zero-order valence-electron chi connectivity index (χ0n) is 52.5. The summed E-state index contributed by atoms with van der Waals surface area (Å²) in [4.78, 5) is 37.5. The number of esters is 2. The number of allylic oxidation sites excluding steroid dienone is 32. The third kappa shape index (κ3) is 63.6. The fourth-order valence-electron chi connectivity index (χ4n) is 7.57.